The van der Waals surface area contributed by atoms with Crippen LogP contribution in [0.3, 0.4) is 0 Å². The molecule has 0 aliphatic heterocycles. The average Bonchev–Trinajstić information content (AvgIpc) is 3.07. The molecule has 0 unspecified atom stereocenters. The summed E-state index contributed by atoms with van der Waals surface area (Å²) in [6.45, 7) is 0. The molecule has 1 aliphatic carbocycles. The van der Waals surface area contributed by atoms with E-state index in [4.69, 9.17) is 5.73 Å². The van der Waals surface area contributed by atoms with Crippen LogP contribution in [0.25, 0.3) is 11.1 Å². The Labute approximate surface area is 139 Å². The van der Waals surface area contributed by atoms with E-state index in [1.165, 1.54) is 12.1 Å². The Morgan fingerprint density at radius 3 is 2.25 bits per heavy atom. The molecule has 2 atom stereocenters. The van der Waals surface area contributed by atoms with Crippen LogP contribution < -0.4 is 5.73 Å². The van der Waals surface area contributed by atoms with E-state index in [1.807, 2.05) is 0 Å². The second-order valence-corrected chi connectivity index (χ2v) is 6.16. The SMILES string of the molecule is Nc1ccc(-c2ccc(C(=O)[C@@H]3CCC[C@H]3C(=O)O)cc2)cc1F. The van der Waals surface area contributed by atoms with Gasteiger partial charge in [0.15, 0.2) is 5.78 Å². The second-order valence-electron chi connectivity index (χ2n) is 6.16. The molecule has 24 heavy (non-hydrogen) atoms. The largest absolute Gasteiger partial charge is 0.481 e. The van der Waals surface area contributed by atoms with E-state index < -0.39 is 23.6 Å². The molecule has 0 amide bonds. The highest BCUT2D eigenvalue weighted by molar-refractivity contribution is 6.00. The van der Waals surface area contributed by atoms with E-state index in [1.54, 1.807) is 30.3 Å². The number of benzene rings is 2. The van der Waals surface area contributed by atoms with Crippen LogP contribution in [0.15, 0.2) is 42.5 Å². The molecule has 0 bridgehead atoms. The van der Waals surface area contributed by atoms with Gasteiger partial charge in [-0.25, -0.2) is 4.39 Å². The summed E-state index contributed by atoms with van der Waals surface area (Å²) < 4.78 is 13.6. The van der Waals surface area contributed by atoms with Gasteiger partial charge in [-0.3, -0.25) is 9.59 Å². The van der Waals surface area contributed by atoms with Gasteiger partial charge in [0.2, 0.25) is 0 Å². The van der Waals surface area contributed by atoms with Gasteiger partial charge in [0.05, 0.1) is 11.6 Å². The van der Waals surface area contributed by atoms with Gasteiger partial charge >= 0.3 is 5.97 Å². The first kappa shape index (κ1) is 16.2. The standard InChI is InChI=1S/C19H18FNO3/c20-16-10-13(8-9-17(16)21)11-4-6-12(7-5-11)18(22)14-2-1-3-15(14)19(23)24/h4-10,14-15H,1-3,21H2,(H,23,24)/t14-,15-/m1/s1. The molecule has 2 aromatic rings. The summed E-state index contributed by atoms with van der Waals surface area (Å²) >= 11 is 0. The second kappa shape index (κ2) is 6.43. The van der Waals surface area contributed by atoms with Crippen molar-refractivity contribution in [2.75, 3.05) is 5.73 Å². The number of hydrogen-bond donors (Lipinski definition) is 2. The smallest absolute Gasteiger partial charge is 0.307 e. The summed E-state index contributed by atoms with van der Waals surface area (Å²) in [5, 5.41) is 9.22. The highest BCUT2D eigenvalue weighted by Crippen LogP contribution is 2.34. The van der Waals surface area contributed by atoms with Gasteiger partial charge in [-0.1, -0.05) is 36.8 Å². The molecule has 0 heterocycles. The van der Waals surface area contributed by atoms with Crippen molar-refractivity contribution in [1.29, 1.82) is 0 Å². The minimum Gasteiger partial charge on any atom is -0.481 e. The molecule has 124 valence electrons. The highest BCUT2D eigenvalue weighted by Gasteiger charge is 2.37. The Balaban J connectivity index is 1.82. The van der Waals surface area contributed by atoms with E-state index in [0.717, 1.165) is 12.0 Å². The van der Waals surface area contributed by atoms with Crippen LogP contribution in [0.1, 0.15) is 29.6 Å². The van der Waals surface area contributed by atoms with E-state index >= 15 is 0 Å². The number of ketones is 1. The third kappa shape index (κ3) is 3.02. The normalized spacial score (nSPS) is 20.0. The maximum atomic E-state index is 13.6. The zero-order valence-electron chi connectivity index (χ0n) is 13.0. The number of carboxylic acids is 1. The lowest BCUT2D eigenvalue weighted by molar-refractivity contribution is -0.142. The third-order valence-electron chi connectivity index (χ3n) is 4.67. The third-order valence-corrected chi connectivity index (χ3v) is 4.67. The zero-order valence-corrected chi connectivity index (χ0v) is 13.0. The van der Waals surface area contributed by atoms with Gasteiger partial charge in [-0.15, -0.1) is 0 Å². The molecule has 1 saturated carbocycles. The molecule has 3 rings (SSSR count). The van der Waals surface area contributed by atoms with Gasteiger partial charge in [-0.2, -0.15) is 0 Å². The number of anilines is 1. The lowest BCUT2D eigenvalue weighted by Crippen LogP contribution is -2.25. The Kier molecular flexibility index (Phi) is 4.34. The molecule has 0 spiro atoms. The molecule has 0 aromatic heterocycles. The monoisotopic (exact) mass is 327 g/mol. The fourth-order valence-electron chi connectivity index (χ4n) is 3.32. The first-order valence-electron chi connectivity index (χ1n) is 7.90. The Hall–Kier alpha value is -2.69. The van der Waals surface area contributed by atoms with Crippen LogP contribution in [-0.4, -0.2) is 16.9 Å². The first-order valence-corrected chi connectivity index (χ1v) is 7.90. The van der Waals surface area contributed by atoms with E-state index in [0.29, 0.717) is 24.0 Å². The summed E-state index contributed by atoms with van der Waals surface area (Å²) in [4.78, 5) is 23.8. The van der Waals surface area contributed by atoms with Crippen LogP contribution in [0.5, 0.6) is 0 Å². The Morgan fingerprint density at radius 1 is 1.00 bits per heavy atom. The summed E-state index contributed by atoms with van der Waals surface area (Å²) in [6.07, 6.45) is 1.92. The van der Waals surface area contributed by atoms with Crippen molar-refractivity contribution in [1.82, 2.24) is 0 Å². The van der Waals surface area contributed by atoms with Crippen LogP contribution >= 0.6 is 0 Å². The number of halogens is 1. The van der Waals surface area contributed by atoms with Crippen molar-refractivity contribution in [3.8, 4) is 11.1 Å². The van der Waals surface area contributed by atoms with Gasteiger partial charge < -0.3 is 10.8 Å². The highest BCUT2D eigenvalue weighted by atomic mass is 19.1. The van der Waals surface area contributed by atoms with Crippen molar-refractivity contribution in [3.05, 3.63) is 53.8 Å². The Morgan fingerprint density at radius 2 is 1.62 bits per heavy atom. The number of aliphatic carboxylic acids is 1. The molecule has 0 saturated heterocycles. The van der Waals surface area contributed by atoms with Gasteiger partial charge in [0, 0.05) is 11.5 Å². The van der Waals surface area contributed by atoms with Crippen molar-refractivity contribution < 1.29 is 19.1 Å². The summed E-state index contributed by atoms with van der Waals surface area (Å²) in [5.74, 6) is -2.57. The van der Waals surface area contributed by atoms with E-state index in [2.05, 4.69) is 0 Å². The van der Waals surface area contributed by atoms with Crippen LogP contribution in [0.2, 0.25) is 0 Å². The zero-order chi connectivity index (χ0) is 17.3. The van der Waals surface area contributed by atoms with Gasteiger partial charge in [0.1, 0.15) is 5.82 Å². The predicted octanol–water partition coefficient (Wildman–Crippen LogP) is 3.76. The summed E-state index contributed by atoms with van der Waals surface area (Å²) in [5.41, 5.74) is 7.49. The van der Waals surface area contributed by atoms with Crippen LogP contribution in [0, 0.1) is 17.7 Å². The maximum Gasteiger partial charge on any atom is 0.307 e. The number of nitrogen functional groups attached to an aromatic ring is 1. The quantitative estimate of drug-likeness (QED) is 0.662. The molecular formula is C19H18FNO3. The minimum absolute atomic E-state index is 0.0893. The summed E-state index contributed by atoms with van der Waals surface area (Å²) in [7, 11) is 0. The first-order chi connectivity index (χ1) is 11.5. The molecule has 5 heteroatoms. The molecule has 1 aliphatic rings. The van der Waals surface area contributed by atoms with E-state index in [-0.39, 0.29) is 11.5 Å². The number of carbonyl (C=O) groups excluding carboxylic acids is 1. The fraction of sp³-hybridized carbons (Fsp3) is 0.263. The van der Waals surface area contributed by atoms with Crippen molar-refractivity contribution in [2.24, 2.45) is 11.8 Å². The van der Waals surface area contributed by atoms with Crippen LogP contribution in [0.4, 0.5) is 10.1 Å². The number of carboxylic acid groups (broad SMARTS) is 1. The molecule has 1 fully saturated rings. The number of Topliss-reactive ketones (excluding diaryl/α,β-unsaturated/α-hetero) is 1. The predicted molar refractivity (Wildman–Crippen MR) is 89.0 cm³/mol. The van der Waals surface area contributed by atoms with E-state index in [9.17, 15) is 19.1 Å². The van der Waals surface area contributed by atoms with Gasteiger partial charge in [-0.05, 0) is 36.1 Å². The molecule has 3 N–H and O–H groups in total. The van der Waals surface area contributed by atoms with Crippen molar-refractivity contribution >= 4 is 17.4 Å². The fourth-order valence-corrected chi connectivity index (χ4v) is 3.32. The average molecular weight is 327 g/mol. The Bertz CT molecular complexity index is 786. The minimum atomic E-state index is -0.903. The topological polar surface area (TPSA) is 80.4 Å². The van der Waals surface area contributed by atoms with Crippen molar-refractivity contribution in [3.63, 3.8) is 0 Å². The number of rotatable bonds is 4. The van der Waals surface area contributed by atoms with Crippen molar-refractivity contribution in [2.45, 2.75) is 19.3 Å². The number of carbonyl (C=O) groups is 2. The number of nitrogens with two attached hydrogens (primary N) is 1. The molecule has 0 radical (unpaired) electrons. The molecule has 4 nitrogen and oxygen atoms in total. The number of hydrogen-bond acceptors (Lipinski definition) is 3. The summed E-state index contributed by atoms with van der Waals surface area (Å²) in [6, 6.07) is 11.4. The lowest BCUT2D eigenvalue weighted by Gasteiger charge is -2.14. The van der Waals surface area contributed by atoms with Gasteiger partial charge in [0.25, 0.3) is 0 Å². The van der Waals surface area contributed by atoms with Crippen LogP contribution in [-0.2, 0) is 4.79 Å². The maximum absolute atomic E-state index is 13.6. The molecular weight excluding hydrogens is 309 g/mol. The molecule has 2 aromatic carbocycles. The lowest BCUT2D eigenvalue weighted by atomic mass is 9.88.